The van der Waals surface area contributed by atoms with E-state index in [2.05, 4.69) is 11.3 Å². The van der Waals surface area contributed by atoms with E-state index in [1.54, 1.807) is 13.0 Å². The van der Waals surface area contributed by atoms with Gasteiger partial charge in [-0.3, -0.25) is 9.59 Å². The molecule has 0 aliphatic carbocycles. The van der Waals surface area contributed by atoms with Crippen molar-refractivity contribution in [1.29, 1.82) is 0 Å². The molecule has 0 amide bonds. The van der Waals surface area contributed by atoms with Gasteiger partial charge in [-0.1, -0.05) is 13.0 Å². The minimum Gasteiger partial charge on any atom is -0.466 e. The van der Waals surface area contributed by atoms with Crippen LogP contribution >= 0.6 is 0 Å². The molecule has 0 saturated heterocycles. The summed E-state index contributed by atoms with van der Waals surface area (Å²) in [7, 11) is 0. The summed E-state index contributed by atoms with van der Waals surface area (Å²) < 4.78 is 9.50. The number of rotatable bonds is 7. The first-order valence-electron chi connectivity index (χ1n) is 5.02. The molecule has 0 aromatic carbocycles. The number of ether oxygens (including phenoxy) is 2. The van der Waals surface area contributed by atoms with Gasteiger partial charge in [-0.15, -0.1) is 6.58 Å². The van der Waals surface area contributed by atoms with Crippen LogP contribution in [-0.2, 0) is 19.1 Å². The molecular weight excluding hydrogens is 196 g/mol. The van der Waals surface area contributed by atoms with Gasteiger partial charge in [0, 0.05) is 0 Å². The summed E-state index contributed by atoms with van der Waals surface area (Å²) in [4.78, 5) is 22.0. The first kappa shape index (κ1) is 13.7. The lowest BCUT2D eigenvalue weighted by molar-refractivity contribution is -0.154. The van der Waals surface area contributed by atoms with Gasteiger partial charge in [0.1, 0.15) is 6.42 Å². The van der Waals surface area contributed by atoms with E-state index < -0.39 is 11.9 Å². The van der Waals surface area contributed by atoms with Crippen LogP contribution in [0.1, 0.15) is 26.7 Å². The first-order chi connectivity index (χ1) is 7.10. The monoisotopic (exact) mass is 214 g/mol. The minimum absolute atomic E-state index is 0.230. The van der Waals surface area contributed by atoms with Crippen LogP contribution in [0, 0.1) is 5.92 Å². The topological polar surface area (TPSA) is 52.6 Å². The van der Waals surface area contributed by atoms with Crippen LogP contribution in [0.5, 0.6) is 0 Å². The lowest BCUT2D eigenvalue weighted by Crippen LogP contribution is -2.16. The summed E-state index contributed by atoms with van der Waals surface area (Å²) in [6, 6.07) is 0. The minimum atomic E-state index is -0.543. The van der Waals surface area contributed by atoms with Crippen LogP contribution in [0.3, 0.4) is 0 Å². The average molecular weight is 214 g/mol. The van der Waals surface area contributed by atoms with Crippen molar-refractivity contribution in [2.24, 2.45) is 5.92 Å². The first-order valence-corrected chi connectivity index (χ1v) is 5.02. The van der Waals surface area contributed by atoms with E-state index in [4.69, 9.17) is 4.74 Å². The van der Waals surface area contributed by atoms with Crippen molar-refractivity contribution < 1.29 is 19.1 Å². The Morgan fingerprint density at radius 2 is 1.93 bits per heavy atom. The molecule has 0 bridgehead atoms. The molecule has 1 atom stereocenters. The average Bonchev–Trinajstić information content (AvgIpc) is 2.15. The summed E-state index contributed by atoms with van der Waals surface area (Å²) in [6.07, 6.45) is 2.24. The summed E-state index contributed by atoms with van der Waals surface area (Å²) in [6.45, 7) is 7.81. The predicted octanol–water partition coefficient (Wildman–Crippen LogP) is 1.70. The predicted molar refractivity (Wildman–Crippen MR) is 56.2 cm³/mol. The molecule has 0 aliphatic heterocycles. The lowest BCUT2D eigenvalue weighted by atomic mass is 10.1. The molecule has 0 radical (unpaired) electrons. The molecule has 4 heteroatoms. The van der Waals surface area contributed by atoms with Crippen LogP contribution < -0.4 is 0 Å². The molecule has 0 fully saturated rings. The van der Waals surface area contributed by atoms with E-state index in [-0.39, 0.29) is 18.9 Å². The summed E-state index contributed by atoms with van der Waals surface area (Å²) in [5.74, 6) is -0.850. The van der Waals surface area contributed by atoms with E-state index in [1.807, 2.05) is 6.92 Å². The van der Waals surface area contributed by atoms with Gasteiger partial charge in [-0.2, -0.15) is 0 Å². The van der Waals surface area contributed by atoms with Gasteiger partial charge in [0.05, 0.1) is 13.2 Å². The van der Waals surface area contributed by atoms with Gasteiger partial charge in [-0.25, -0.2) is 0 Å². The fourth-order valence-corrected chi connectivity index (χ4v) is 0.969. The zero-order valence-electron chi connectivity index (χ0n) is 9.32. The van der Waals surface area contributed by atoms with E-state index in [0.717, 1.165) is 6.42 Å². The maximum absolute atomic E-state index is 11.1. The molecule has 0 saturated carbocycles. The highest BCUT2D eigenvalue weighted by Gasteiger charge is 2.12. The number of hydrogen-bond donors (Lipinski definition) is 0. The molecule has 0 N–H and O–H groups in total. The normalized spacial score (nSPS) is 11.6. The highest BCUT2D eigenvalue weighted by molar-refractivity contribution is 5.91. The van der Waals surface area contributed by atoms with Crippen molar-refractivity contribution in [2.75, 3.05) is 13.2 Å². The highest BCUT2D eigenvalue weighted by atomic mass is 16.6. The number of carbonyl (C=O) groups excluding carboxylic acids is 2. The third-order valence-electron chi connectivity index (χ3n) is 1.69. The third-order valence-corrected chi connectivity index (χ3v) is 1.69. The van der Waals surface area contributed by atoms with Crippen molar-refractivity contribution in [3.05, 3.63) is 12.7 Å². The van der Waals surface area contributed by atoms with E-state index in [0.29, 0.717) is 6.61 Å². The highest BCUT2D eigenvalue weighted by Crippen LogP contribution is 2.03. The molecule has 4 nitrogen and oxygen atoms in total. The zero-order chi connectivity index (χ0) is 11.7. The molecule has 86 valence electrons. The van der Waals surface area contributed by atoms with Gasteiger partial charge in [0.15, 0.2) is 0 Å². The molecule has 0 aliphatic rings. The van der Waals surface area contributed by atoms with Crippen LogP contribution in [0.2, 0.25) is 0 Å². The van der Waals surface area contributed by atoms with Crippen molar-refractivity contribution >= 4 is 11.9 Å². The fraction of sp³-hybridized carbons (Fsp3) is 0.636. The molecular formula is C11H18O4. The Morgan fingerprint density at radius 3 is 2.47 bits per heavy atom. The van der Waals surface area contributed by atoms with Crippen LogP contribution in [0.25, 0.3) is 0 Å². The Hall–Kier alpha value is -1.32. The smallest absolute Gasteiger partial charge is 0.317 e. The standard InChI is InChI=1S/C11H18O4/c1-4-6-9(3)8-15-11(13)7-10(12)14-5-2/h4,9H,1,5-8H2,2-3H3. The Morgan fingerprint density at radius 1 is 1.33 bits per heavy atom. The molecule has 0 rings (SSSR count). The number of allylic oxidation sites excluding steroid dienone is 1. The zero-order valence-corrected chi connectivity index (χ0v) is 9.32. The van der Waals surface area contributed by atoms with Gasteiger partial charge in [-0.05, 0) is 19.3 Å². The SMILES string of the molecule is C=CCC(C)COC(=O)CC(=O)OCC. The Labute approximate surface area is 90.2 Å². The van der Waals surface area contributed by atoms with E-state index >= 15 is 0 Å². The maximum atomic E-state index is 11.1. The molecule has 0 heterocycles. The fourth-order valence-electron chi connectivity index (χ4n) is 0.969. The molecule has 0 aromatic rings. The lowest BCUT2D eigenvalue weighted by Gasteiger charge is -2.09. The molecule has 1 unspecified atom stereocenters. The van der Waals surface area contributed by atoms with Gasteiger partial charge in [0.2, 0.25) is 0 Å². The van der Waals surface area contributed by atoms with Crippen LogP contribution in [0.15, 0.2) is 12.7 Å². The van der Waals surface area contributed by atoms with Crippen molar-refractivity contribution in [3.8, 4) is 0 Å². The molecule has 15 heavy (non-hydrogen) atoms. The Balaban J connectivity index is 3.65. The summed E-state index contributed by atoms with van der Waals surface area (Å²) in [5.41, 5.74) is 0. The maximum Gasteiger partial charge on any atom is 0.317 e. The Bertz CT molecular complexity index is 223. The van der Waals surface area contributed by atoms with Crippen LogP contribution in [-0.4, -0.2) is 25.2 Å². The van der Waals surface area contributed by atoms with Crippen LogP contribution in [0.4, 0.5) is 0 Å². The van der Waals surface area contributed by atoms with E-state index in [9.17, 15) is 9.59 Å². The van der Waals surface area contributed by atoms with Crippen molar-refractivity contribution in [3.63, 3.8) is 0 Å². The molecule has 0 aromatic heterocycles. The Kier molecular flexibility index (Phi) is 7.32. The van der Waals surface area contributed by atoms with Crippen molar-refractivity contribution in [1.82, 2.24) is 0 Å². The van der Waals surface area contributed by atoms with E-state index in [1.165, 1.54) is 0 Å². The summed E-state index contributed by atoms with van der Waals surface area (Å²) in [5, 5.41) is 0. The second kappa shape index (κ2) is 8.03. The van der Waals surface area contributed by atoms with Gasteiger partial charge < -0.3 is 9.47 Å². The quantitative estimate of drug-likeness (QED) is 0.367. The second-order valence-electron chi connectivity index (χ2n) is 3.29. The number of carbonyl (C=O) groups is 2. The van der Waals surface area contributed by atoms with Gasteiger partial charge in [0.25, 0.3) is 0 Å². The number of hydrogen-bond acceptors (Lipinski definition) is 4. The third kappa shape index (κ3) is 7.73. The molecule has 0 spiro atoms. The van der Waals surface area contributed by atoms with Crippen molar-refractivity contribution in [2.45, 2.75) is 26.7 Å². The van der Waals surface area contributed by atoms with Gasteiger partial charge >= 0.3 is 11.9 Å². The largest absolute Gasteiger partial charge is 0.466 e. The second-order valence-corrected chi connectivity index (χ2v) is 3.29. The number of esters is 2. The summed E-state index contributed by atoms with van der Waals surface area (Å²) >= 11 is 0.